The van der Waals surface area contributed by atoms with E-state index in [1.807, 2.05) is 38.2 Å². The Morgan fingerprint density at radius 3 is 2.62 bits per heavy atom. The highest BCUT2D eigenvalue weighted by molar-refractivity contribution is 5.98. The van der Waals surface area contributed by atoms with Crippen molar-refractivity contribution in [1.29, 1.82) is 0 Å². The van der Waals surface area contributed by atoms with Crippen LogP contribution >= 0.6 is 0 Å². The Balaban J connectivity index is 1.54. The van der Waals surface area contributed by atoms with Crippen molar-refractivity contribution in [3.8, 4) is 5.69 Å². The maximum absolute atomic E-state index is 12.2. The summed E-state index contributed by atoms with van der Waals surface area (Å²) in [5, 5.41) is 13.7. The fourth-order valence-electron chi connectivity index (χ4n) is 2.54. The van der Waals surface area contributed by atoms with Crippen LogP contribution in [-0.4, -0.2) is 37.9 Å². The van der Waals surface area contributed by atoms with Gasteiger partial charge in [0.2, 0.25) is 5.91 Å². The number of benzene rings is 1. The van der Waals surface area contributed by atoms with Crippen molar-refractivity contribution in [3.05, 3.63) is 60.2 Å². The minimum Gasteiger partial charge on any atom is -0.342 e. The first-order chi connectivity index (χ1) is 12.6. The van der Waals surface area contributed by atoms with Crippen LogP contribution in [0.4, 0.5) is 5.69 Å². The topological polar surface area (TPSA) is 93.8 Å². The smallest absolute Gasteiger partial charge is 0.269 e. The number of rotatable bonds is 6. The van der Waals surface area contributed by atoms with E-state index in [4.69, 9.17) is 0 Å². The molecule has 2 aromatic heterocycles. The Morgan fingerprint density at radius 2 is 1.96 bits per heavy atom. The number of nitrogens with one attached hydrogen (secondary N) is 2. The molecule has 0 fully saturated rings. The molecule has 2 N–H and O–H groups in total. The van der Waals surface area contributed by atoms with Crippen molar-refractivity contribution >= 4 is 17.5 Å². The molecule has 0 aliphatic carbocycles. The van der Waals surface area contributed by atoms with Gasteiger partial charge in [-0.05, 0) is 50.2 Å². The van der Waals surface area contributed by atoms with E-state index in [0.717, 1.165) is 11.4 Å². The SMILES string of the molecule is CCn1nc(C)cc1C(=O)NCC(=O)Nc1ccc(-n2cccn2)cc1. The van der Waals surface area contributed by atoms with Gasteiger partial charge in [-0.1, -0.05) is 0 Å². The summed E-state index contributed by atoms with van der Waals surface area (Å²) in [6.07, 6.45) is 3.54. The predicted octanol–water partition coefficient (Wildman–Crippen LogP) is 1.77. The lowest BCUT2D eigenvalue weighted by atomic mass is 10.3. The molecule has 26 heavy (non-hydrogen) atoms. The summed E-state index contributed by atoms with van der Waals surface area (Å²) >= 11 is 0. The van der Waals surface area contributed by atoms with Crippen LogP contribution in [0.15, 0.2) is 48.8 Å². The average molecular weight is 352 g/mol. The summed E-state index contributed by atoms with van der Waals surface area (Å²) in [5.74, 6) is -0.624. The number of hydrogen-bond donors (Lipinski definition) is 2. The molecule has 8 heteroatoms. The highest BCUT2D eigenvalue weighted by Gasteiger charge is 2.14. The molecule has 0 saturated heterocycles. The lowest BCUT2D eigenvalue weighted by molar-refractivity contribution is -0.115. The first-order valence-electron chi connectivity index (χ1n) is 8.29. The lowest BCUT2D eigenvalue weighted by Gasteiger charge is -2.08. The van der Waals surface area contributed by atoms with Crippen LogP contribution in [-0.2, 0) is 11.3 Å². The molecule has 3 aromatic rings. The van der Waals surface area contributed by atoms with Crippen molar-refractivity contribution < 1.29 is 9.59 Å². The van der Waals surface area contributed by atoms with Gasteiger partial charge in [0.05, 0.1) is 17.9 Å². The zero-order valence-corrected chi connectivity index (χ0v) is 14.6. The molecule has 0 aliphatic heterocycles. The molecule has 0 unspecified atom stereocenters. The molecule has 0 radical (unpaired) electrons. The van der Waals surface area contributed by atoms with Crippen LogP contribution in [0.25, 0.3) is 5.69 Å². The second-order valence-electron chi connectivity index (χ2n) is 5.72. The summed E-state index contributed by atoms with van der Waals surface area (Å²) in [5.41, 5.74) is 2.75. The molecule has 2 amide bonds. The number of nitrogens with zero attached hydrogens (tertiary/aromatic N) is 4. The molecule has 0 bridgehead atoms. The van der Waals surface area contributed by atoms with Crippen molar-refractivity contribution in [1.82, 2.24) is 24.9 Å². The maximum Gasteiger partial charge on any atom is 0.269 e. The van der Waals surface area contributed by atoms with Gasteiger partial charge >= 0.3 is 0 Å². The first-order valence-corrected chi connectivity index (χ1v) is 8.29. The zero-order chi connectivity index (χ0) is 18.5. The van der Waals surface area contributed by atoms with E-state index in [-0.39, 0.29) is 18.4 Å². The highest BCUT2D eigenvalue weighted by Crippen LogP contribution is 2.12. The van der Waals surface area contributed by atoms with Crippen LogP contribution < -0.4 is 10.6 Å². The molecule has 134 valence electrons. The molecular formula is C18H20N6O2. The first kappa shape index (κ1) is 17.4. The normalized spacial score (nSPS) is 10.5. The van der Waals surface area contributed by atoms with Gasteiger partial charge in [-0.15, -0.1) is 0 Å². The third kappa shape index (κ3) is 3.97. The number of amides is 2. The van der Waals surface area contributed by atoms with E-state index in [9.17, 15) is 9.59 Å². The fourth-order valence-corrected chi connectivity index (χ4v) is 2.54. The van der Waals surface area contributed by atoms with Crippen LogP contribution in [0.1, 0.15) is 23.1 Å². The summed E-state index contributed by atoms with van der Waals surface area (Å²) in [4.78, 5) is 24.3. The molecule has 0 atom stereocenters. The third-order valence-corrected chi connectivity index (χ3v) is 3.76. The second-order valence-corrected chi connectivity index (χ2v) is 5.72. The maximum atomic E-state index is 12.2. The number of aryl methyl sites for hydroxylation is 2. The van der Waals surface area contributed by atoms with E-state index in [1.165, 1.54) is 0 Å². The van der Waals surface area contributed by atoms with Gasteiger partial charge in [-0.25, -0.2) is 4.68 Å². The van der Waals surface area contributed by atoms with Gasteiger partial charge in [0, 0.05) is 24.6 Å². The summed E-state index contributed by atoms with van der Waals surface area (Å²) in [6, 6.07) is 10.8. The highest BCUT2D eigenvalue weighted by atomic mass is 16.2. The Bertz CT molecular complexity index is 896. The van der Waals surface area contributed by atoms with Gasteiger partial charge in [0.15, 0.2) is 0 Å². The minimum atomic E-state index is -0.323. The van der Waals surface area contributed by atoms with Crippen molar-refractivity contribution in [2.75, 3.05) is 11.9 Å². The van der Waals surface area contributed by atoms with E-state index in [0.29, 0.717) is 17.9 Å². The lowest BCUT2D eigenvalue weighted by Crippen LogP contribution is -2.34. The molecule has 1 aromatic carbocycles. The molecule has 8 nitrogen and oxygen atoms in total. The standard InChI is InChI=1S/C18H20N6O2/c1-3-23-16(11-13(2)22-23)18(26)19-12-17(25)21-14-5-7-15(8-6-14)24-10-4-9-20-24/h4-11H,3,12H2,1-2H3,(H,19,26)(H,21,25). The summed E-state index contributed by atoms with van der Waals surface area (Å²) in [6.45, 7) is 4.20. The van der Waals surface area contributed by atoms with Crippen molar-refractivity contribution in [3.63, 3.8) is 0 Å². The van der Waals surface area contributed by atoms with Crippen LogP contribution in [0.5, 0.6) is 0 Å². The summed E-state index contributed by atoms with van der Waals surface area (Å²) < 4.78 is 3.33. The number of anilines is 1. The van der Waals surface area contributed by atoms with E-state index >= 15 is 0 Å². The number of carbonyl (C=O) groups excluding carboxylic acids is 2. The molecule has 0 spiro atoms. The van der Waals surface area contributed by atoms with Crippen LogP contribution in [0.3, 0.4) is 0 Å². The van der Waals surface area contributed by atoms with Gasteiger partial charge < -0.3 is 10.6 Å². The summed E-state index contributed by atoms with van der Waals surface area (Å²) in [7, 11) is 0. The van der Waals surface area contributed by atoms with Crippen molar-refractivity contribution in [2.24, 2.45) is 0 Å². The Kier molecular flexibility index (Phi) is 5.12. The second kappa shape index (κ2) is 7.64. The van der Waals surface area contributed by atoms with E-state index in [2.05, 4.69) is 20.8 Å². The largest absolute Gasteiger partial charge is 0.342 e. The quantitative estimate of drug-likeness (QED) is 0.707. The minimum absolute atomic E-state index is 0.117. The van der Waals surface area contributed by atoms with Gasteiger partial charge in [0.25, 0.3) is 5.91 Å². The fraction of sp³-hybridized carbons (Fsp3) is 0.222. The monoisotopic (exact) mass is 352 g/mol. The van der Waals surface area contributed by atoms with E-state index in [1.54, 1.807) is 33.8 Å². The molecule has 0 aliphatic rings. The number of hydrogen-bond acceptors (Lipinski definition) is 4. The van der Waals surface area contributed by atoms with Crippen molar-refractivity contribution in [2.45, 2.75) is 20.4 Å². The Labute approximate surface area is 150 Å². The van der Waals surface area contributed by atoms with Crippen LogP contribution in [0.2, 0.25) is 0 Å². The Morgan fingerprint density at radius 1 is 1.19 bits per heavy atom. The Hall–Kier alpha value is -3.42. The molecule has 0 saturated carbocycles. The van der Waals surface area contributed by atoms with E-state index < -0.39 is 0 Å². The third-order valence-electron chi connectivity index (χ3n) is 3.76. The molecular weight excluding hydrogens is 332 g/mol. The number of aromatic nitrogens is 4. The van der Waals surface area contributed by atoms with Gasteiger partial charge in [0.1, 0.15) is 5.69 Å². The van der Waals surface area contributed by atoms with Gasteiger partial charge in [-0.2, -0.15) is 10.2 Å². The molecule has 3 rings (SSSR count). The molecule has 2 heterocycles. The van der Waals surface area contributed by atoms with Gasteiger partial charge in [-0.3, -0.25) is 14.3 Å². The number of carbonyl (C=O) groups is 2. The predicted molar refractivity (Wildman–Crippen MR) is 97.2 cm³/mol. The zero-order valence-electron chi connectivity index (χ0n) is 14.6. The van der Waals surface area contributed by atoms with Crippen LogP contribution in [0, 0.1) is 6.92 Å². The average Bonchev–Trinajstić information content (AvgIpc) is 3.30.